The fourth-order valence-electron chi connectivity index (χ4n) is 3.78. The van der Waals surface area contributed by atoms with Crippen LogP contribution in [0.25, 0.3) is 0 Å². The summed E-state index contributed by atoms with van der Waals surface area (Å²) in [5, 5.41) is 3.51. The van der Waals surface area contributed by atoms with Crippen molar-refractivity contribution in [2.45, 2.75) is 24.6 Å². The van der Waals surface area contributed by atoms with Crippen molar-refractivity contribution in [2.24, 2.45) is 0 Å². The highest BCUT2D eigenvalue weighted by molar-refractivity contribution is 6.30. The van der Waals surface area contributed by atoms with Crippen LogP contribution in [0.5, 0.6) is 0 Å². The van der Waals surface area contributed by atoms with Crippen LogP contribution < -0.4 is 5.32 Å². The van der Waals surface area contributed by atoms with Crippen molar-refractivity contribution < 1.29 is 13.9 Å². The summed E-state index contributed by atoms with van der Waals surface area (Å²) < 4.78 is 19.2. The third kappa shape index (κ3) is 3.58. The van der Waals surface area contributed by atoms with Crippen molar-refractivity contribution in [3.8, 4) is 0 Å². The zero-order valence-electron chi connectivity index (χ0n) is 14.1. The summed E-state index contributed by atoms with van der Waals surface area (Å²) in [5.41, 5.74) is 1.92. The molecule has 2 saturated heterocycles. The first kappa shape index (κ1) is 17.4. The normalized spacial score (nSPS) is 26.2. The summed E-state index contributed by atoms with van der Waals surface area (Å²) >= 11 is 5.92. The number of aromatic nitrogens is 1. The Balaban J connectivity index is 1.60. The number of likely N-dealkylation sites (tertiary alicyclic amines) is 1. The van der Waals surface area contributed by atoms with Gasteiger partial charge in [-0.05, 0) is 29.8 Å². The van der Waals surface area contributed by atoms with Crippen LogP contribution in [0.3, 0.4) is 0 Å². The van der Waals surface area contributed by atoms with E-state index in [0.29, 0.717) is 18.1 Å². The molecule has 2 aromatic rings. The van der Waals surface area contributed by atoms with Gasteiger partial charge in [-0.2, -0.15) is 0 Å². The largest absolute Gasteiger partial charge is 0.366 e. The number of benzene rings is 1. The van der Waals surface area contributed by atoms with Crippen molar-refractivity contribution in [2.75, 3.05) is 19.7 Å². The summed E-state index contributed by atoms with van der Waals surface area (Å²) in [4.78, 5) is 18.4. The van der Waals surface area contributed by atoms with Crippen LogP contribution in [-0.4, -0.2) is 47.6 Å². The second kappa shape index (κ2) is 7.31. The van der Waals surface area contributed by atoms with Gasteiger partial charge in [0.15, 0.2) is 0 Å². The van der Waals surface area contributed by atoms with E-state index in [-0.39, 0.29) is 36.4 Å². The molecule has 4 rings (SSSR count). The number of nitrogens with one attached hydrogen (secondary N) is 1. The molecule has 1 N–H and O–H groups in total. The Morgan fingerprint density at radius 1 is 1.27 bits per heavy atom. The van der Waals surface area contributed by atoms with Crippen LogP contribution in [0.1, 0.15) is 17.2 Å². The maximum absolute atomic E-state index is 13.3. The zero-order valence-corrected chi connectivity index (χ0v) is 14.8. The van der Waals surface area contributed by atoms with Gasteiger partial charge in [0.1, 0.15) is 12.4 Å². The first-order chi connectivity index (χ1) is 12.6. The first-order valence-electron chi connectivity index (χ1n) is 8.58. The number of halogens is 2. The molecule has 0 unspecified atom stereocenters. The minimum absolute atomic E-state index is 0.0361. The second-order valence-electron chi connectivity index (χ2n) is 6.70. The fraction of sp³-hybridized carbons (Fsp3) is 0.368. The number of rotatable bonds is 3. The predicted octanol–water partition coefficient (Wildman–Crippen LogP) is 2.36. The van der Waals surface area contributed by atoms with Crippen LogP contribution in [0, 0.1) is 5.82 Å². The van der Waals surface area contributed by atoms with E-state index in [1.807, 2.05) is 12.1 Å². The summed E-state index contributed by atoms with van der Waals surface area (Å²) in [6.07, 6.45) is 1.50. The monoisotopic (exact) mass is 375 g/mol. The Hall–Kier alpha value is -2.02. The van der Waals surface area contributed by atoms with Gasteiger partial charge in [-0.25, -0.2) is 4.39 Å². The lowest BCUT2D eigenvalue weighted by molar-refractivity contribution is -0.125. The van der Waals surface area contributed by atoms with E-state index < -0.39 is 0 Å². The molecule has 3 atom stereocenters. The minimum atomic E-state index is -0.260. The molecule has 0 bridgehead atoms. The molecule has 0 aliphatic carbocycles. The number of hydrogen-bond acceptors (Lipinski definition) is 4. The van der Waals surface area contributed by atoms with Crippen LogP contribution >= 0.6 is 11.6 Å². The number of amides is 1. The molecule has 3 heterocycles. The number of hydrogen-bond donors (Lipinski definition) is 1. The van der Waals surface area contributed by atoms with Crippen LogP contribution in [0.15, 0.2) is 42.6 Å². The molecule has 2 aliphatic heterocycles. The van der Waals surface area contributed by atoms with E-state index >= 15 is 0 Å². The standard InChI is InChI=1S/C19H19ClFN3O2/c20-13-3-6-15(22-7-13)9-24-10-16(12-1-4-14(21)5-2-12)19-17(24)8-23-18(25)11-26-19/h1-7,16-17,19H,8-11H2,(H,23,25)/t16-,17-,19-/m1/s1. The number of pyridine rings is 1. The molecular weight excluding hydrogens is 357 g/mol. The topological polar surface area (TPSA) is 54.5 Å². The first-order valence-corrected chi connectivity index (χ1v) is 8.96. The van der Waals surface area contributed by atoms with Crippen molar-refractivity contribution in [1.29, 1.82) is 0 Å². The smallest absolute Gasteiger partial charge is 0.246 e. The number of fused-ring (bicyclic) bond motifs is 1. The molecule has 1 amide bonds. The van der Waals surface area contributed by atoms with Gasteiger partial charge < -0.3 is 10.1 Å². The summed E-state index contributed by atoms with van der Waals surface area (Å²) in [6.45, 7) is 1.96. The van der Waals surface area contributed by atoms with E-state index in [9.17, 15) is 9.18 Å². The molecule has 1 aromatic carbocycles. The summed E-state index contributed by atoms with van der Waals surface area (Å²) in [6, 6.07) is 10.3. The summed E-state index contributed by atoms with van der Waals surface area (Å²) in [7, 11) is 0. The average Bonchev–Trinajstić information content (AvgIpc) is 2.85. The lowest BCUT2D eigenvalue weighted by atomic mass is 9.93. The van der Waals surface area contributed by atoms with Gasteiger partial charge in [0, 0.05) is 31.7 Å². The molecule has 2 aliphatic rings. The lowest BCUT2D eigenvalue weighted by Crippen LogP contribution is -2.42. The average molecular weight is 376 g/mol. The highest BCUT2D eigenvalue weighted by Gasteiger charge is 2.44. The van der Waals surface area contributed by atoms with Gasteiger partial charge in [-0.15, -0.1) is 0 Å². The van der Waals surface area contributed by atoms with Gasteiger partial charge in [-0.1, -0.05) is 23.7 Å². The van der Waals surface area contributed by atoms with Gasteiger partial charge in [0.05, 0.1) is 22.9 Å². The Morgan fingerprint density at radius 2 is 2.08 bits per heavy atom. The molecule has 2 fully saturated rings. The fourth-order valence-corrected chi connectivity index (χ4v) is 3.89. The lowest BCUT2D eigenvalue weighted by Gasteiger charge is -2.25. The van der Waals surface area contributed by atoms with Crippen molar-refractivity contribution in [3.05, 3.63) is 64.7 Å². The van der Waals surface area contributed by atoms with Crippen LogP contribution in [0.2, 0.25) is 5.02 Å². The second-order valence-corrected chi connectivity index (χ2v) is 7.14. The molecule has 26 heavy (non-hydrogen) atoms. The van der Waals surface area contributed by atoms with Crippen molar-refractivity contribution in [3.63, 3.8) is 0 Å². The van der Waals surface area contributed by atoms with Crippen LogP contribution in [0.4, 0.5) is 4.39 Å². The van der Waals surface area contributed by atoms with E-state index in [1.165, 1.54) is 12.1 Å². The van der Waals surface area contributed by atoms with Crippen LogP contribution in [-0.2, 0) is 16.1 Å². The Kier molecular flexibility index (Phi) is 4.89. The molecule has 0 spiro atoms. The molecule has 0 saturated carbocycles. The third-order valence-corrected chi connectivity index (χ3v) is 5.27. The van der Waals surface area contributed by atoms with E-state index in [0.717, 1.165) is 17.8 Å². The zero-order chi connectivity index (χ0) is 18.1. The Labute approximate surface area is 156 Å². The maximum atomic E-state index is 13.3. The molecular formula is C19H19ClFN3O2. The quantitative estimate of drug-likeness (QED) is 0.894. The number of carbonyl (C=O) groups excluding carboxylic acids is 1. The molecule has 1 aromatic heterocycles. The van der Waals surface area contributed by atoms with Gasteiger partial charge in [-0.3, -0.25) is 14.7 Å². The highest BCUT2D eigenvalue weighted by Crippen LogP contribution is 2.36. The Morgan fingerprint density at radius 3 is 2.81 bits per heavy atom. The van der Waals surface area contributed by atoms with Gasteiger partial charge in [0.25, 0.3) is 0 Å². The number of carbonyl (C=O) groups is 1. The highest BCUT2D eigenvalue weighted by atomic mass is 35.5. The molecule has 5 nitrogen and oxygen atoms in total. The molecule has 0 radical (unpaired) electrons. The third-order valence-electron chi connectivity index (χ3n) is 5.04. The number of ether oxygens (including phenoxy) is 1. The molecule has 7 heteroatoms. The van der Waals surface area contributed by atoms with Gasteiger partial charge >= 0.3 is 0 Å². The SMILES string of the molecule is O=C1CO[C@@H]2[C@@H](c3ccc(F)cc3)CN(Cc3ccc(Cl)cn3)[C@@H]2CN1. The van der Waals surface area contributed by atoms with Crippen molar-refractivity contribution >= 4 is 17.5 Å². The maximum Gasteiger partial charge on any atom is 0.246 e. The van der Waals surface area contributed by atoms with Gasteiger partial charge in [0.2, 0.25) is 5.91 Å². The predicted molar refractivity (Wildman–Crippen MR) is 95.3 cm³/mol. The van der Waals surface area contributed by atoms with E-state index in [2.05, 4.69) is 15.2 Å². The molecule has 136 valence electrons. The minimum Gasteiger partial charge on any atom is -0.366 e. The Bertz CT molecular complexity index is 784. The van der Waals surface area contributed by atoms with E-state index in [1.54, 1.807) is 18.3 Å². The summed E-state index contributed by atoms with van der Waals surface area (Å²) in [5.74, 6) is -0.299. The van der Waals surface area contributed by atoms with E-state index in [4.69, 9.17) is 16.3 Å². The van der Waals surface area contributed by atoms with Crippen molar-refractivity contribution in [1.82, 2.24) is 15.2 Å². The number of nitrogens with zero attached hydrogens (tertiary/aromatic N) is 2.